The van der Waals surface area contributed by atoms with Crippen molar-refractivity contribution < 1.29 is 9.18 Å². The summed E-state index contributed by atoms with van der Waals surface area (Å²) in [6.45, 7) is 3.37. The highest BCUT2D eigenvalue weighted by Crippen LogP contribution is 2.18. The van der Waals surface area contributed by atoms with E-state index in [-0.39, 0.29) is 11.8 Å². The number of rotatable bonds is 7. The quantitative estimate of drug-likeness (QED) is 0.429. The van der Waals surface area contributed by atoms with Crippen LogP contribution >= 0.6 is 0 Å². The topological polar surface area (TPSA) is 59.0 Å². The molecule has 0 saturated heterocycles. The number of amides is 2. The molecular formula is C25H25FN4O. The molecule has 158 valence electrons. The molecule has 4 rings (SSSR count). The maximum Gasteiger partial charge on any atom is 0.319 e. The number of hydrogen-bond acceptors (Lipinski definition) is 2. The number of benzene rings is 3. The first-order valence-corrected chi connectivity index (χ1v) is 10.4. The van der Waals surface area contributed by atoms with Crippen LogP contribution in [-0.4, -0.2) is 15.6 Å². The minimum absolute atomic E-state index is 0.291. The number of aryl methyl sites for hydroxylation is 3. The Morgan fingerprint density at radius 3 is 2.39 bits per heavy atom. The van der Waals surface area contributed by atoms with Crippen molar-refractivity contribution in [3.05, 3.63) is 95.6 Å². The number of fused-ring (bicyclic) bond motifs is 1. The number of imidazole rings is 1. The third-order valence-electron chi connectivity index (χ3n) is 5.27. The molecule has 6 heteroatoms. The summed E-state index contributed by atoms with van der Waals surface area (Å²) in [5.41, 5.74) is 4.95. The number of halogens is 1. The second kappa shape index (κ2) is 9.43. The smallest absolute Gasteiger partial charge is 0.319 e. The van der Waals surface area contributed by atoms with Gasteiger partial charge in [0.05, 0.1) is 11.0 Å². The number of aromatic nitrogens is 2. The van der Waals surface area contributed by atoms with Gasteiger partial charge in [-0.05, 0) is 60.9 Å². The van der Waals surface area contributed by atoms with E-state index in [0.29, 0.717) is 6.54 Å². The third-order valence-corrected chi connectivity index (χ3v) is 5.27. The zero-order valence-electron chi connectivity index (χ0n) is 17.4. The minimum Gasteiger partial charge on any atom is -0.334 e. The lowest BCUT2D eigenvalue weighted by atomic mass is 10.1. The molecule has 1 heterocycles. The van der Waals surface area contributed by atoms with Crippen LogP contribution in [0.15, 0.2) is 72.8 Å². The van der Waals surface area contributed by atoms with Gasteiger partial charge in [-0.2, -0.15) is 0 Å². The molecule has 0 atom stereocenters. The number of hydrogen-bond donors (Lipinski definition) is 2. The Morgan fingerprint density at radius 2 is 1.65 bits per heavy atom. The normalized spacial score (nSPS) is 10.9. The first-order chi connectivity index (χ1) is 15.1. The lowest BCUT2D eigenvalue weighted by Crippen LogP contribution is -2.28. The number of para-hydroxylation sites is 2. The van der Waals surface area contributed by atoms with Gasteiger partial charge >= 0.3 is 6.03 Å². The van der Waals surface area contributed by atoms with E-state index in [1.165, 1.54) is 23.2 Å². The van der Waals surface area contributed by atoms with Crippen LogP contribution in [0, 0.1) is 5.82 Å². The second-order valence-electron chi connectivity index (χ2n) is 7.39. The monoisotopic (exact) mass is 416 g/mol. The highest BCUT2D eigenvalue weighted by atomic mass is 19.1. The first kappa shape index (κ1) is 20.6. The zero-order valence-corrected chi connectivity index (χ0v) is 17.4. The summed E-state index contributed by atoms with van der Waals surface area (Å²) in [7, 11) is 0. The van der Waals surface area contributed by atoms with Crippen molar-refractivity contribution in [1.29, 1.82) is 0 Å². The molecule has 0 aliphatic rings. The lowest BCUT2D eigenvalue weighted by Gasteiger charge is -2.09. The van der Waals surface area contributed by atoms with Gasteiger partial charge in [-0.3, -0.25) is 0 Å². The van der Waals surface area contributed by atoms with Crippen LogP contribution in [0.1, 0.15) is 23.9 Å². The average molecular weight is 417 g/mol. The van der Waals surface area contributed by atoms with Gasteiger partial charge in [0.2, 0.25) is 0 Å². The van der Waals surface area contributed by atoms with Crippen molar-refractivity contribution >= 4 is 22.8 Å². The molecule has 0 unspecified atom stereocenters. The molecule has 31 heavy (non-hydrogen) atoms. The van der Waals surface area contributed by atoms with Crippen molar-refractivity contribution in [3.8, 4) is 0 Å². The van der Waals surface area contributed by atoms with Crippen molar-refractivity contribution in [3.63, 3.8) is 0 Å². The van der Waals surface area contributed by atoms with Gasteiger partial charge in [-0.15, -0.1) is 0 Å². The molecule has 0 spiro atoms. The third kappa shape index (κ3) is 5.09. The number of carbonyl (C=O) groups is 1. The molecule has 1 aromatic heterocycles. The fourth-order valence-electron chi connectivity index (χ4n) is 3.64. The van der Waals surface area contributed by atoms with E-state index in [1.807, 2.05) is 42.5 Å². The Balaban J connectivity index is 1.31. The largest absolute Gasteiger partial charge is 0.334 e. The predicted octanol–water partition coefficient (Wildman–Crippen LogP) is 5.30. The fraction of sp³-hybridized carbons (Fsp3) is 0.200. The van der Waals surface area contributed by atoms with Crippen LogP contribution < -0.4 is 10.6 Å². The number of nitrogens with zero attached hydrogens (tertiary/aromatic N) is 2. The van der Waals surface area contributed by atoms with Gasteiger partial charge in [0, 0.05) is 25.2 Å². The molecule has 0 radical (unpaired) electrons. The van der Waals surface area contributed by atoms with Gasteiger partial charge in [0.1, 0.15) is 11.6 Å². The van der Waals surface area contributed by atoms with Gasteiger partial charge in [0.15, 0.2) is 0 Å². The first-order valence-electron chi connectivity index (χ1n) is 10.4. The van der Waals surface area contributed by atoms with Crippen LogP contribution in [0.5, 0.6) is 0 Å². The Morgan fingerprint density at radius 1 is 0.935 bits per heavy atom. The molecule has 0 bridgehead atoms. The molecule has 0 saturated carbocycles. The molecular weight excluding hydrogens is 391 g/mol. The number of carbonyl (C=O) groups excluding carboxylic acids is 1. The fourth-order valence-corrected chi connectivity index (χ4v) is 3.64. The summed E-state index contributed by atoms with van der Waals surface area (Å²) in [5, 5.41) is 5.59. The Kier molecular flexibility index (Phi) is 6.26. The van der Waals surface area contributed by atoms with Crippen LogP contribution in [0.3, 0.4) is 0 Å². The number of urea groups is 1. The van der Waals surface area contributed by atoms with E-state index < -0.39 is 0 Å². The molecule has 5 nitrogen and oxygen atoms in total. The Labute approximate surface area is 180 Å². The van der Waals surface area contributed by atoms with E-state index in [2.05, 4.69) is 28.2 Å². The van der Waals surface area contributed by atoms with E-state index in [0.717, 1.165) is 42.0 Å². The summed E-state index contributed by atoms with van der Waals surface area (Å²) < 4.78 is 15.2. The van der Waals surface area contributed by atoms with Gasteiger partial charge in [-0.1, -0.05) is 36.4 Å². The van der Waals surface area contributed by atoms with E-state index in [1.54, 1.807) is 12.1 Å². The maximum atomic E-state index is 12.9. The Bertz CT molecular complexity index is 1170. The van der Waals surface area contributed by atoms with Gasteiger partial charge in [-0.25, -0.2) is 14.2 Å². The summed E-state index contributed by atoms with van der Waals surface area (Å²) >= 11 is 0. The van der Waals surface area contributed by atoms with Gasteiger partial charge < -0.3 is 15.2 Å². The molecule has 0 aliphatic heterocycles. The molecule has 2 N–H and O–H groups in total. The summed E-state index contributed by atoms with van der Waals surface area (Å²) in [6, 6.07) is 21.8. The second-order valence-corrected chi connectivity index (χ2v) is 7.39. The molecule has 2 amide bonds. The van der Waals surface area contributed by atoms with E-state index in [9.17, 15) is 9.18 Å². The molecule has 3 aromatic carbocycles. The average Bonchev–Trinajstić information content (AvgIpc) is 3.16. The highest BCUT2D eigenvalue weighted by Gasteiger charge is 2.09. The molecule has 0 aliphatic carbocycles. The minimum atomic E-state index is -0.297. The summed E-state index contributed by atoms with van der Waals surface area (Å²) in [6.07, 6.45) is 1.73. The van der Waals surface area contributed by atoms with Crippen LogP contribution in [-0.2, 0) is 25.9 Å². The van der Waals surface area contributed by atoms with Crippen LogP contribution in [0.25, 0.3) is 11.0 Å². The van der Waals surface area contributed by atoms with Crippen molar-refractivity contribution in [2.45, 2.75) is 32.9 Å². The van der Waals surface area contributed by atoms with Crippen molar-refractivity contribution in [1.82, 2.24) is 14.9 Å². The predicted molar refractivity (Wildman–Crippen MR) is 122 cm³/mol. The van der Waals surface area contributed by atoms with E-state index in [4.69, 9.17) is 4.98 Å². The molecule has 0 fully saturated rings. The van der Waals surface area contributed by atoms with Gasteiger partial charge in [0.25, 0.3) is 0 Å². The molecule has 4 aromatic rings. The van der Waals surface area contributed by atoms with E-state index >= 15 is 0 Å². The zero-order chi connectivity index (χ0) is 21.6. The SMILES string of the molecule is CCn1c(CCc2ccc(NC(=O)NCc3ccc(F)cc3)cc2)nc2ccccc21. The maximum absolute atomic E-state index is 12.9. The van der Waals surface area contributed by atoms with Crippen LogP contribution in [0.4, 0.5) is 14.9 Å². The summed E-state index contributed by atoms with van der Waals surface area (Å²) in [5.74, 6) is 0.798. The summed E-state index contributed by atoms with van der Waals surface area (Å²) in [4.78, 5) is 16.9. The number of anilines is 1. The lowest BCUT2D eigenvalue weighted by molar-refractivity contribution is 0.251. The van der Waals surface area contributed by atoms with Crippen molar-refractivity contribution in [2.24, 2.45) is 0 Å². The number of nitrogens with one attached hydrogen (secondary N) is 2. The highest BCUT2D eigenvalue weighted by molar-refractivity contribution is 5.89. The Hall–Kier alpha value is -3.67. The van der Waals surface area contributed by atoms with Crippen LogP contribution in [0.2, 0.25) is 0 Å². The van der Waals surface area contributed by atoms with Crippen molar-refractivity contribution in [2.75, 3.05) is 5.32 Å². The standard InChI is InChI=1S/C25H25FN4O/c1-2-30-23-6-4-3-5-22(23)29-24(30)16-11-18-9-14-21(15-10-18)28-25(31)27-17-19-7-12-20(26)13-8-19/h3-10,12-15H,2,11,16-17H2,1H3,(H2,27,28,31).